The molecule has 0 amide bonds. The Morgan fingerprint density at radius 3 is 2.07 bits per heavy atom. The first-order valence-electron chi connectivity index (χ1n) is 5.00. The van der Waals surface area contributed by atoms with Crippen LogP contribution < -0.4 is 0 Å². The van der Waals surface area contributed by atoms with Crippen molar-refractivity contribution in [3.05, 3.63) is 0 Å². The summed E-state index contributed by atoms with van der Waals surface area (Å²) in [6.45, 7) is 6.97. The van der Waals surface area contributed by atoms with E-state index in [9.17, 15) is 0 Å². The number of piperidine rings is 1. The highest BCUT2D eigenvalue weighted by Gasteiger charge is 2.27. The summed E-state index contributed by atoms with van der Waals surface area (Å²) in [4.78, 5) is 12.2. The zero-order valence-electron chi connectivity index (χ0n) is 9.98. The molecule has 0 aliphatic carbocycles. The summed E-state index contributed by atoms with van der Waals surface area (Å²) in [5.74, 6) is 0.847. The van der Waals surface area contributed by atoms with Gasteiger partial charge in [-0.05, 0) is 18.8 Å². The Morgan fingerprint density at radius 2 is 1.73 bits per heavy atom. The molecular weight excluding hydrogens is 198 g/mol. The van der Waals surface area contributed by atoms with Crippen molar-refractivity contribution in [1.82, 2.24) is 0 Å². The van der Waals surface area contributed by atoms with E-state index in [1.165, 1.54) is 12.8 Å². The highest BCUT2D eigenvalue weighted by Crippen LogP contribution is 2.20. The van der Waals surface area contributed by atoms with E-state index in [1.54, 1.807) is 0 Å². The molecule has 0 aromatic carbocycles. The number of likely N-dealkylation sites (tertiary alicyclic amines) is 1. The van der Waals surface area contributed by atoms with Gasteiger partial charge in [0.1, 0.15) is 6.79 Å². The van der Waals surface area contributed by atoms with Crippen molar-refractivity contribution in [3.63, 3.8) is 0 Å². The summed E-state index contributed by atoms with van der Waals surface area (Å²) in [7, 11) is 3.13. The molecule has 0 saturated carbocycles. The minimum Gasteiger partial charge on any atom is -0.400 e. The average molecular weight is 222 g/mol. The summed E-state index contributed by atoms with van der Waals surface area (Å²) in [6, 6.07) is 0. The molecule has 0 radical (unpaired) electrons. The predicted octanol–water partition coefficient (Wildman–Crippen LogP) is 0.734. The van der Waals surface area contributed by atoms with E-state index in [2.05, 4.69) is 18.9 Å². The van der Waals surface area contributed by atoms with Gasteiger partial charge < -0.3 is 14.4 Å². The van der Waals surface area contributed by atoms with Gasteiger partial charge in [-0.1, -0.05) is 6.92 Å². The first-order valence-corrected chi connectivity index (χ1v) is 5.00. The summed E-state index contributed by atoms with van der Waals surface area (Å²) >= 11 is 0. The molecule has 2 N–H and O–H groups in total. The molecule has 1 aliphatic rings. The van der Waals surface area contributed by atoms with Crippen LogP contribution in [0.5, 0.6) is 0 Å². The Labute approximate surface area is 91.8 Å². The van der Waals surface area contributed by atoms with Crippen molar-refractivity contribution in [3.8, 4) is 0 Å². The number of rotatable bonds is 2. The second kappa shape index (κ2) is 10.0. The van der Waals surface area contributed by atoms with Crippen LogP contribution in [0.25, 0.3) is 0 Å². The predicted molar refractivity (Wildman–Crippen MR) is 58.2 cm³/mol. The van der Waals surface area contributed by atoms with Gasteiger partial charge in [-0.3, -0.25) is 0 Å². The second-order valence-electron chi connectivity index (χ2n) is 4.01. The second-order valence-corrected chi connectivity index (χ2v) is 4.01. The maximum Gasteiger partial charge on any atom is 0.213 e. The summed E-state index contributed by atoms with van der Waals surface area (Å²) in [5, 5.41) is 15.3. The quantitative estimate of drug-likeness (QED) is 0.411. The molecule has 5 heteroatoms. The molecule has 1 aliphatic heterocycles. The highest BCUT2D eigenvalue weighted by molar-refractivity contribution is 5.10. The monoisotopic (exact) mass is 222 g/mol. The maximum atomic E-state index is 8.33. The SMILES string of the molecule is C=O.CC1CC[N+](C)(COO)CC1.CO. The van der Waals surface area contributed by atoms with Crippen LogP contribution in [0, 0.1) is 5.92 Å². The van der Waals surface area contributed by atoms with E-state index in [1.807, 2.05) is 6.79 Å². The summed E-state index contributed by atoms with van der Waals surface area (Å²) in [6.07, 6.45) is 2.50. The van der Waals surface area contributed by atoms with Crippen LogP contribution in [0.2, 0.25) is 0 Å². The van der Waals surface area contributed by atoms with Gasteiger partial charge in [0.2, 0.25) is 6.73 Å². The van der Waals surface area contributed by atoms with Gasteiger partial charge in [-0.25, -0.2) is 5.26 Å². The number of aliphatic hydroxyl groups is 1. The van der Waals surface area contributed by atoms with Crippen molar-refractivity contribution in [1.29, 1.82) is 0 Å². The van der Waals surface area contributed by atoms with E-state index >= 15 is 0 Å². The van der Waals surface area contributed by atoms with Crippen molar-refractivity contribution in [2.75, 3.05) is 34.0 Å². The molecule has 1 heterocycles. The molecular formula is C10H24NO4+. The van der Waals surface area contributed by atoms with Crippen molar-refractivity contribution < 1.29 is 24.5 Å². The van der Waals surface area contributed by atoms with Gasteiger partial charge in [0.05, 0.1) is 20.1 Å². The first-order chi connectivity index (χ1) is 7.16. The molecule has 0 bridgehead atoms. The first kappa shape index (κ1) is 16.9. The maximum absolute atomic E-state index is 8.33. The van der Waals surface area contributed by atoms with Crippen LogP contribution in [-0.4, -0.2) is 55.6 Å². The van der Waals surface area contributed by atoms with Gasteiger partial charge in [0, 0.05) is 7.11 Å². The molecule has 1 saturated heterocycles. The highest BCUT2D eigenvalue weighted by atomic mass is 17.1. The van der Waals surface area contributed by atoms with Crippen LogP contribution in [0.15, 0.2) is 0 Å². The Balaban J connectivity index is 0. The smallest absolute Gasteiger partial charge is 0.213 e. The number of quaternary nitrogens is 1. The number of hydrogen-bond acceptors (Lipinski definition) is 4. The zero-order chi connectivity index (χ0) is 12.3. The number of aliphatic hydroxyl groups excluding tert-OH is 1. The molecule has 15 heavy (non-hydrogen) atoms. The molecule has 0 aromatic heterocycles. The molecule has 0 atom stereocenters. The molecule has 1 fully saturated rings. The lowest BCUT2D eigenvalue weighted by Crippen LogP contribution is -2.50. The number of carbonyl (C=O) groups is 1. The van der Waals surface area contributed by atoms with Crippen molar-refractivity contribution in [2.45, 2.75) is 19.8 Å². The van der Waals surface area contributed by atoms with Crippen LogP contribution in [0.1, 0.15) is 19.8 Å². The Hall–Kier alpha value is -0.490. The Morgan fingerprint density at radius 1 is 1.33 bits per heavy atom. The third kappa shape index (κ3) is 7.44. The molecule has 92 valence electrons. The lowest BCUT2D eigenvalue weighted by Gasteiger charge is -2.38. The summed E-state index contributed by atoms with van der Waals surface area (Å²) in [5.41, 5.74) is 0. The van der Waals surface area contributed by atoms with Gasteiger partial charge in [0.15, 0.2) is 0 Å². The fraction of sp³-hybridized carbons (Fsp3) is 0.900. The summed E-state index contributed by atoms with van der Waals surface area (Å²) < 4.78 is 0.862. The standard InChI is InChI=1S/C8H17NO2.CH4O.CH2O/c1-8-3-5-9(2,6-4-8)7-11-10;2*1-2/h8H,3-7H2,1-2H3;2H,1H3;1H2/p+1. The lowest BCUT2D eigenvalue weighted by atomic mass is 9.98. The lowest BCUT2D eigenvalue weighted by molar-refractivity contribution is -0.941. The number of carbonyl (C=O) groups excluding carboxylic acids is 1. The fourth-order valence-corrected chi connectivity index (χ4v) is 1.59. The topological polar surface area (TPSA) is 66.8 Å². The normalized spacial score (nSPS) is 29.3. The third-order valence-corrected chi connectivity index (χ3v) is 2.69. The largest absolute Gasteiger partial charge is 0.400 e. The Bertz CT molecular complexity index is 135. The van der Waals surface area contributed by atoms with Crippen molar-refractivity contribution in [2.24, 2.45) is 5.92 Å². The van der Waals surface area contributed by atoms with Crippen LogP contribution in [-0.2, 0) is 9.68 Å². The minimum atomic E-state index is 0.437. The van der Waals surface area contributed by atoms with E-state index in [0.29, 0.717) is 6.73 Å². The van der Waals surface area contributed by atoms with Gasteiger partial charge in [-0.15, -0.1) is 0 Å². The molecule has 0 unspecified atom stereocenters. The number of nitrogens with zero attached hydrogens (tertiary/aromatic N) is 1. The van der Waals surface area contributed by atoms with Crippen LogP contribution in [0.3, 0.4) is 0 Å². The zero-order valence-corrected chi connectivity index (χ0v) is 9.98. The van der Waals surface area contributed by atoms with Gasteiger partial charge in [0.25, 0.3) is 0 Å². The Kier molecular flexibility index (Phi) is 11.3. The molecule has 1 rings (SSSR count). The van der Waals surface area contributed by atoms with E-state index < -0.39 is 0 Å². The van der Waals surface area contributed by atoms with Crippen LogP contribution >= 0.6 is 0 Å². The van der Waals surface area contributed by atoms with Gasteiger partial charge >= 0.3 is 0 Å². The number of hydrogen-bond donors (Lipinski definition) is 2. The molecule has 5 nitrogen and oxygen atoms in total. The van der Waals surface area contributed by atoms with Crippen LogP contribution in [0.4, 0.5) is 0 Å². The fourth-order valence-electron chi connectivity index (χ4n) is 1.59. The van der Waals surface area contributed by atoms with E-state index in [-0.39, 0.29) is 0 Å². The average Bonchev–Trinajstić information content (AvgIpc) is 2.29. The van der Waals surface area contributed by atoms with Gasteiger partial charge in [-0.2, -0.15) is 4.89 Å². The third-order valence-electron chi connectivity index (χ3n) is 2.69. The minimum absolute atomic E-state index is 0.437. The van der Waals surface area contributed by atoms with Crippen molar-refractivity contribution >= 4 is 6.79 Å². The van der Waals surface area contributed by atoms with E-state index in [0.717, 1.165) is 30.6 Å². The van der Waals surface area contributed by atoms with E-state index in [4.69, 9.17) is 15.2 Å². The molecule has 0 aromatic rings. The molecule has 0 spiro atoms.